The van der Waals surface area contributed by atoms with Crippen molar-refractivity contribution >= 4 is 17.4 Å². The number of nitrogens with one attached hydrogen (secondary N) is 1. The second kappa shape index (κ2) is 4.52. The fourth-order valence-corrected chi connectivity index (χ4v) is 5.88. The van der Waals surface area contributed by atoms with Crippen LogP contribution in [0, 0.1) is 17.8 Å². The number of benzene rings is 1. The number of Topliss-reactive ketones (excluding diaryl/α,β-unsaturated/α-hetero) is 1. The Morgan fingerprint density at radius 3 is 2.96 bits per heavy atom. The van der Waals surface area contributed by atoms with E-state index in [1.54, 1.807) is 18.2 Å². The van der Waals surface area contributed by atoms with Crippen LogP contribution in [0.2, 0.25) is 0 Å². The van der Waals surface area contributed by atoms with Gasteiger partial charge in [0, 0.05) is 35.7 Å². The SMILES string of the molecule is CC[C@H]1C[C@@H]2C[C@@H]3[C@H]1N(CC[C@]31Nc3ccc(O)cc3C1=O)C2=O. The first-order valence-corrected chi connectivity index (χ1v) is 9.01. The molecular formula is C19H22N2O3. The molecule has 3 saturated heterocycles. The standard InChI is InChI=1S/C19H22N2O3/c1-2-10-7-11-8-14-16(10)21(18(11)24)6-5-19(14)17(23)13-9-12(22)3-4-15(13)20-19/h3-4,9-11,14,16,20,22H,2,5-8H2,1H3/t10-,11+,14+,16-,19-/m0/s1. The summed E-state index contributed by atoms with van der Waals surface area (Å²) in [5, 5.41) is 13.3. The second-order valence-corrected chi connectivity index (χ2v) is 7.87. The quantitative estimate of drug-likeness (QED) is 0.778. The Morgan fingerprint density at radius 1 is 1.33 bits per heavy atom. The van der Waals surface area contributed by atoms with Crippen LogP contribution in [0.3, 0.4) is 0 Å². The molecule has 4 heterocycles. The predicted octanol–water partition coefficient (Wildman–Crippen LogP) is 2.41. The van der Waals surface area contributed by atoms with Crippen molar-refractivity contribution in [3.8, 4) is 5.75 Å². The van der Waals surface area contributed by atoms with E-state index in [9.17, 15) is 14.7 Å². The van der Waals surface area contributed by atoms with Gasteiger partial charge in [0.2, 0.25) is 5.91 Å². The highest BCUT2D eigenvalue weighted by molar-refractivity contribution is 6.14. The first kappa shape index (κ1) is 14.3. The van der Waals surface area contributed by atoms with E-state index in [1.165, 1.54) is 0 Å². The number of hydrogen-bond acceptors (Lipinski definition) is 4. The molecular weight excluding hydrogens is 304 g/mol. The maximum atomic E-state index is 13.3. The first-order chi connectivity index (χ1) is 11.5. The third kappa shape index (κ3) is 1.55. The predicted molar refractivity (Wildman–Crippen MR) is 88.9 cm³/mol. The molecule has 1 spiro atoms. The Balaban J connectivity index is 1.60. The van der Waals surface area contributed by atoms with Gasteiger partial charge in [-0.15, -0.1) is 0 Å². The number of aromatic hydroxyl groups is 1. The van der Waals surface area contributed by atoms with Gasteiger partial charge in [-0.25, -0.2) is 0 Å². The highest BCUT2D eigenvalue weighted by atomic mass is 16.3. The number of ketones is 1. The maximum absolute atomic E-state index is 13.3. The van der Waals surface area contributed by atoms with E-state index in [-0.39, 0.29) is 29.4 Å². The molecule has 126 valence electrons. The zero-order chi connectivity index (χ0) is 16.6. The van der Waals surface area contributed by atoms with Crippen molar-refractivity contribution in [3.05, 3.63) is 23.8 Å². The van der Waals surface area contributed by atoms with Crippen LogP contribution in [0.4, 0.5) is 5.69 Å². The van der Waals surface area contributed by atoms with Gasteiger partial charge in [-0.3, -0.25) is 9.59 Å². The lowest BCUT2D eigenvalue weighted by molar-refractivity contribution is -0.164. The van der Waals surface area contributed by atoms with Crippen LogP contribution in [-0.4, -0.2) is 39.8 Å². The minimum Gasteiger partial charge on any atom is -0.508 e. The molecule has 24 heavy (non-hydrogen) atoms. The molecule has 5 atom stereocenters. The number of phenols is 1. The summed E-state index contributed by atoms with van der Waals surface area (Å²) in [6.45, 7) is 2.85. The number of carbonyl (C=O) groups is 2. The van der Waals surface area contributed by atoms with Crippen LogP contribution in [0.5, 0.6) is 5.75 Å². The summed E-state index contributed by atoms with van der Waals surface area (Å²) < 4.78 is 0. The maximum Gasteiger partial charge on any atom is 0.225 e. The number of hydrogen-bond donors (Lipinski definition) is 2. The third-order valence-electron chi connectivity index (χ3n) is 6.93. The minimum atomic E-state index is -0.593. The van der Waals surface area contributed by atoms with Gasteiger partial charge in [0.1, 0.15) is 11.3 Å². The Hall–Kier alpha value is -2.04. The molecule has 1 aromatic rings. The molecule has 2 N–H and O–H groups in total. The summed E-state index contributed by atoms with van der Waals surface area (Å²) in [5.41, 5.74) is 0.834. The van der Waals surface area contributed by atoms with Gasteiger partial charge in [-0.2, -0.15) is 0 Å². The summed E-state index contributed by atoms with van der Waals surface area (Å²) >= 11 is 0. The van der Waals surface area contributed by atoms with E-state index in [1.807, 2.05) is 0 Å². The van der Waals surface area contributed by atoms with E-state index in [4.69, 9.17) is 0 Å². The molecule has 5 aliphatic rings. The van der Waals surface area contributed by atoms with E-state index in [0.717, 1.165) is 24.9 Å². The molecule has 1 saturated carbocycles. The van der Waals surface area contributed by atoms with Crippen molar-refractivity contribution in [3.63, 3.8) is 0 Å². The molecule has 1 aliphatic carbocycles. The monoisotopic (exact) mass is 326 g/mol. The lowest BCUT2D eigenvalue weighted by Crippen LogP contribution is -2.72. The number of amides is 1. The van der Waals surface area contributed by atoms with E-state index in [2.05, 4.69) is 17.1 Å². The second-order valence-electron chi connectivity index (χ2n) is 7.87. The average Bonchev–Trinajstić information content (AvgIpc) is 2.87. The molecule has 1 aromatic carbocycles. The van der Waals surface area contributed by atoms with Crippen LogP contribution in [0.25, 0.3) is 0 Å². The molecule has 4 aliphatic heterocycles. The van der Waals surface area contributed by atoms with Crippen molar-refractivity contribution in [2.45, 2.75) is 44.2 Å². The van der Waals surface area contributed by atoms with Crippen LogP contribution in [0.15, 0.2) is 18.2 Å². The number of rotatable bonds is 1. The number of piperidine rings is 3. The summed E-state index contributed by atoms with van der Waals surface area (Å²) in [6, 6.07) is 5.18. The minimum absolute atomic E-state index is 0.0776. The third-order valence-corrected chi connectivity index (χ3v) is 6.93. The number of nitrogens with zero attached hydrogens (tertiary/aromatic N) is 1. The highest BCUT2D eigenvalue weighted by Gasteiger charge is 2.64. The zero-order valence-electron chi connectivity index (χ0n) is 13.8. The van der Waals surface area contributed by atoms with Gasteiger partial charge in [0.05, 0.1) is 0 Å². The zero-order valence-corrected chi connectivity index (χ0v) is 13.8. The van der Waals surface area contributed by atoms with Crippen LogP contribution in [0.1, 0.15) is 43.0 Å². The topological polar surface area (TPSA) is 69.6 Å². The van der Waals surface area contributed by atoms with Crippen LogP contribution >= 0.6 is 0 Å². The van der Waals surface area contributed by atoms with Gasteiger partial charge in [-0.05, 0) is 43.4 Å². The van der Waals surface area contributed by atoms with Gasteiger partial charge in [-0.1, -0.05) is 13.3 Å². The van der Waals surface area contributed by atoms with Crippen molar-refractivity contribution in [2.24, 2.45) is 17.8 Å². The Labute approximate surface area is 141 Å². The number of fused-ring (bicyclic) bond motifs is 2. The summed E-state index contributed by atoms with van der Waals surface area (Å²) in [7, 11) is 0. The van der Waals surface area contributed by atoms with Crippen molar-refractivity contribution < 1.29 is 14.7 Å². The molecule has 6 rings (SSSR count). The molecule has 0 aromatic heterocycles. The summed E-state index contributed by atoms with van der Waals surface area (Å²) in [4.78, 5) is 28.0. The van der Waals surface area contributed by atoms with E-state index < -0.39 is 5.54 Å². The average molecular weight is 326 g/mol. The van der Waals surface area contributed by atoms with Crippen LogP contribution < -0.4 is 5.32 Å². The lowest BCUT2D eigenvalue weighted by Gasteiger charge is -2.61. The molecule has 5 heteroatoms. The smallest absolute Gasteiger partial charge is 0.225 e. The van der Waals surface area contributed by atoms with Crippen LogP contribution in [-0.2, 0) is 4.79 Å². The number of phenolic OH excluding ortho intramolecular Hbond substituents is 1. The Morgan fingerprint density at radius 2 is 2.17 bits per heavy atom. The fourth-order valence-electron chi connectivity index (χ4n) is 5.88. The Kier molecular flexibility index (Phi) is 2.70. The van der Waals surface area contributed by atoms with Gasteiger partial charge >= 0.3 is 0 Å². The Bertz CT molecular complexity index is 761. The van der Waals surface area contributed by atoms with Crippen molar-refractivity contribution in [1.82, 2.24) is 4.90 Å². The van der Waals surface area contributed by atoms with Crippen molar-refractivity contribution in [1.29, 1.82) is 0 Å². The van der Waals surface area contributed by atoms with Gasteiger partial charge < -0.3 is 15.3 Å². The van der Waals surface area contributed by atoms with E-state index in [0.29, 0.717) is 30.4 Å². The molecule has 5 nitrogen and oxygen atoms in total. The molecule has 1 amide bonds. The fraction of sp³-hybridized carbons (Fsp3) is 0.579. The largest absolute Gasteiger partial charge is 0.508 e. The molecule has 4 bridgehead atoms. The molecule has 4 fully saturated rings. The van der Waals surface area contributed by atoms with Gasteiger partial charge in [0.25, 0.3) is 0 Å². The molecule has 0 radical (unpaired) electrons. The van der Waals surface area contributed by atoms with Crippen molar-refractivity contribution in [2.75, 3.05) is 11.9 Å². The molecule has 0 unspecified atom stereocenters. The summed E-state index contributed by atoms with van der Waals surface area (Å²) in [6.07, 6.45) is 3.51. The van der Waals surface area contributed by atoms with E-state index >= 15 is 0 Å². The normalized spacial score (nSPS) is 39.3. The number of carbonyl (C=O) groups excluding carboxylic acids is 2. The number of anilines is 1. The van der Waals surface area contributed by atoms with Gasteiger partial charge in [0.15, 0.2) is 5.78 Å². The summed E-state index contributed by atoms with van der Waals surface area (Å²) in [5.74, 6) is 1.29. The first-order valence-electron chi connectivity index (χ1n) is 9.01. The highest BCUT2D eigenvalue weighted by Crippen LogP contribution is 2.55. The lowest BCUT2D eigenvalue weighted by atomic mass is 9.56.